The third kappa shape index (κ3) is 20.5. The maximum absolute atomic E-state index is 10.9. The van der Waals surface area contributed by atoms with Crippen LogP contribution in [0.25, 0.3) is 0 Å². The van der Waals surface area contributed by atoms with Crippen molar-refractivity contribution in [1.29, 1.82) is 0 Å². The highest BCUT2D eigenvalue weighted by molar-refractivity contribution is 8.00. The van der Waals surface area contributed by atoms with Crippen LogP contribution in [0.5, 0.6) is 0 Å². The Morgan fingerprint density at radius 1 is 0.463 bits per heavy atom. The molecule has 0 aromatic rings. The summed E-state index contributed by atoms with van der Waals surface area (Å²) in [5, 5.41) is 191. The van der Waals surface area contributed by atoms with E-state index in [1.165, 1.54) is 47.0 Å². The number of hydrogen-bond acceptors (Lipinski definition) is 32. The van der Waals surface area contributed by atoms with Crippen LogP contribution in [0.2, 0.25) is 0 Å². The molecule has 10 unspecified atom stereocenters. The van der Waals surface area contributed by atoms with Gasteiger partial charge >= 0.3 is 0 Å². The Kier molecular flexibility index (Phi) is 32.5. The van der Waals surface area contributed by atoms with Crippen molar-refractivity contribution in [2.75, 3.05) is 108 Å². The molecule has 0 saturated carbocycles. The van der Waals surface area contributed by atoms with E-state index in [1.54, 1.807) is 6.92 Å². The van der Waals surface area contributed by atoms with Gasteiger partial charge in [-0.1, -0.05) is 6.92 Å². The molecule has 0 bridgehead atoms. The zero-order valence-electron chi connectivity index (χ0n) is 45.3. The highest BCUT2D eigenvalue weighted by atomic mass is 32.2. The van der Waals surface area contributed by atoms with Crippen molar-refractivity contribution in [3.63, 3.8) is 0 Å². The monoisotopic (exact) mass is 1280 g/mol. The molecule has 0 aromatic carbocycles. The van der Waals surface area contributed by atoms with E-state index >= 15 is 0 Å². The normalized spacial score (nSPS) is 40.8. The Labute approximate surface area is 497 Å². The summed E-state index contributed by atoms with van der Waals surface area (Å²) in [6, 6.07) is 0. The largest absolute Gasteiger partial charge is 0.394 e. The van der Waals surface area contributed by atoms with E-state index in [1.807, 2.05) is 0 Å². The Bertz CT molecular complexity index is 1670. The summed E-state index contributed by atoms with van der Waals surface area (Å²) in [6.45, 7) is 0.459. The van der Waals surface area contributed by atoms with Gasteiger partial charge in [-0.2, -0.15) is 11.8 Å². The molecule has 5 rings (SSSR count). The van der Waals surface area contributed by atoms with Crippen LogP contribution >= 0.6 is 59.3 Å². The lowest BCUT2D eigenvalue weighted by atomic mass is 9.90. The quantitative estimate of drug-likeness (QED) is 0.0210. The molecule has 0 amide bonds. The van der Waals surface area contributed by atoms with Crippen molar-refractivity contribution in [3.05, 3.63) is 0 Å². The molecule has 482 valence electrons. The third-order valence-electron chi connectivity index (χ3n) is 14.5. The summed E-state index contributed by atoms with van der Waals surface area (Å²) in [7, 11) is 0. The molecule has 0 aromatic heterocycles. The Balaban J connectivity index is 1.19. The van der Waals surface area contributed by atoms with E-state index in [0.29, 0.717) is 54.6 Å². The number of aliphatic hydroxyl groups is 18. The predicted octanol–water partition coefficient (Wildman–Crippen LogP) is -8.11. The Hall–Kier alpha value is 0.0100. The summed E-state index contributed by atoms with van der Waals surface area (Å²) >= 11 is 10.7. The molecule has 5 fully saturated rings. The second-order valence-corrected chi connectivity index (χ2v) is 26.0. The van der Waals surface area contributed by atoms with Gasteiger partial charge in [0.05, 0.1) is 63.9 Å². The minimum Gasteiger partial charge on any atom is -0.394 e. The van der Waals surface area contributed by atoms with E-state index in [2.05, 4.69) is 10.6 Å². The summed E-state index contributed by atoms with van der Waals surface area (Å²) in [5.41, 5.74) is -3.75. The molecule has 0 radical (unpaired) electrons. The number of ether oxygens (including phenoxy) is 9. The fourth-order valence-corrected chi connectivity index (χ4v) is 13.9. The molecule has 5 aliphatic rings. The molecule has 5 saturated heterocycles. The van der Waals surface area contributed by atoms with Crippen LogP contribution < -0.4 is 10.6 Å². The topological polar surface area (TPSA) is 471 Å². The van der Waals surface area contributed by atoms with Crippen molar-refractivity contribution in [1.82, 2.24) is 10.6 Å². The number of thiocarbonyl (C=S) groups is 1. The van der Waals surface area contributed by atoms with Crippen LogP contribution in [-0.2, 0) is 42.6 Å². The van der Waals surface area contributed by atoms with Gasteiger partial charge in [0.25, 0.3) is 0 Å². The molecule has 29 nitrogen and oxygen atoms in total. The fraction of sp³-hybridized carbons (Fsp3) is 0.979. The van der Waals surface area contributed by atoms with Crippen LogP contribution in [0.1, 0.15) is 26.2 Å². The van der Waals surface area contributed by atoms with Crippen molar-refractivity contribution in [2.45, 2.75) is 171 Å². The summed E-state index contributed by atoms with van der Waals surface area (Å²) in [5.74, 6) is 1.35. The molecule has 82 heavy (non-hydrogen) atoms. The van der Waals surface area contributed by atoms with Crippen molar-refractivity contribution < 1.29 is 135 Å². The number of aliphatic hydroxyl groups excluding tert-OH is 18. The first-order chi connectivity index (χ1) is 39.1. The van der Waals surface area contributed by atoms with Crippen molar-refractivity contribution in [3.8, 4) is 0 Å². The van der Waals surface area contributed by atoms with Gasteiger partial charge in [-0.05, 0) is 48.7 Å². The van der Waals surface area contributed by atoms with Gasteiger partial charge in [-0.3, -0.25) is 0 Å². The van der Waals surface area contributed by atoms with Gasteiger partial charge in [-0.25, -0.2) is 0 Å². The molecular weight excluding hydrogens is 1200 g/mol. The smallest absolute Gasteiger partial charge is 0.186 e. The summed E-state index contributed by atoms with van der Waals surface area (Å²) in [4.78, 5) is 0. The maximum atomic E-state index is 10.9. The molecule has 34 heteroatoms. The lowest BCUT2D eigenvalue weighted by Gasteiger charge is -2.46. The van der Waals surface area contributed by atoms with E-state index in [0.717, 1.165) is 0 Å². The number of nitrogens with one attached hydrogen (secondary N) is 2. The predicted molar refractivity (Wildman–Crippen MR) is 298 cm³/mol. The SMILES string of the molecule is C[C@H]1C(CSCCNC(=S)NCC(COCCCS[C@@H]2OC(CO)[C@H](O)[C@H](O)C2O)(COCCCS[C@@H]2OC(CO)[C@H](O)[C@H](O)C2O)COCCCS[C@@H]2OC(CO)[C@H](O)[C@H](O)C2O)O[C@@H](O[C@H]2C(CO)O[C@@H](O)C(O)[C@H]2O)C(O)[C@H]1O. The van der Waals surface area contributed by atoms with Crippen LogP contribution in [0.4, 0.5) is 0 Å². The Morgan fingerprint density at radius 3 is 1.30 bits per heavy atom. The van der Waals surface area contributed by atoms with Gasteiger partial charge in [0.1, 0.15) is 120 Å². The second kappa shape index (κ2) is 36.6. The van der Waals surface area contributed by atoms with Crippen LogP contribution in [0.15, 0.2) is 0 Å². The number of hydrogen-bond donors (Lipinski definition) is 20. The van der Waals surface area contributed by atoms with Crippen LogP contribution in [-0.4, -0.2) is 350 Å². The zero-order chi connectivity index (χ0) is 60.3. The van der Waals surface area contributed by atoms with E-state index < -0.39 is 183 Å². The van der Waals surface area contributed by atoms with Crippen LogP contribution in [0, 0.1) is 11.3 Å². The first-order valence-corrected chi connectivity index (χ1v) is 31.9. The Morgan fingerprint density at radius 2 is 0.890 bits per heavy atom. The minimum atomic E-state index is -1.80. The van der Waals surface area contributed by atoms with Gasteiger partial charge < -0.3 is 145 Å². The summed E-state index contributed by atoms with van der Waals surface area (Å²) < 4.78 is 52.6. The average molecular weight is 1290 g/mol. The standard InChI is InChI=1S/C48H88N2O27S5/c1-22-27(73-43(37(64)28(22)55)77-41-26(16-54)72-42(68)36(63)35(41)62)17-79-12-5-49-47(78)50-18-48(19-69-6-2-9-80-44-38(65)32(59)29(56)23(13-51)74-44,20-70-7-3-10-81-45-39(66)33(60)30(57)24(14-52)75-45)21-71-8-4-11-82-46-40(67)34(61)31(58)25(15-53)76-46/h22-46,51-68H,2-21H2,1H3,(H2,49,50,78)/t22-,23?,24?,25?,26?,27?,28-,29-,30-,31-,32-,33-,34-,35+,36?,37?,38?,39?,40?,41-,42+,43-,44-,45-,46-,48?/m0/s1. The van der Waals surface area contributed by atoms with Gasteiger partial charge in [0.15, 0.2) is 17.7 Å². The minimum absolute atomic E-state index is 0.0448. The lowest BCUT2D eigenvalue weighted by molar-refractivity contribution is -0.347. The summed E-state index contributed by atoms with van der Waals surface area (Å²) in [6.07, 6.45) is -28.3. The number of rotatable bonds is 34. The van der Waals surface area contributed by atoms with Crippen molar-refractivity contribution >= 4 is 64.4 Å². The molecule has 0 spiro atoms. The third-order valence-corrected chi connectivity index (χ3v) is 19.6. The molecule has 25 atom stereocenters. The number of thioether (sulfide) groups is 4. The van der Waals surface area contributed by atoms with E-state index in [4.69, 9.17) is 54.8 Å². The fourth-order valence-electron chi connectivity index (χ4n) is 9.37. The highest BCUT2D eigenvalue weighted by Gasteiger charge is 2.51. The average Bonchev–Trinajstić information content (AvgIpc) is 3.47. The molecule has 5 heterocycles. The van der Waals surface area contributed by atoms with E-state index in [9.17, 15) is 91.9 Å². The van der Waals surface area contributed by atoms with Gasteiger partial charge in [0.2, 0.25) is 0 Å². The maximum Gasteiger partial charge on any atom is 0.186 e. The van der Waals surface area contributed by atoms with Crippen molar-refractivity contribution in [2.24, 2.45) is 11.3 Å². The molecule has 5 aliphatic heterocycles. The van der Waals surface area contributed by atoms with E-state index in [-0.39, 0.29) is 51.3 Å². The second-order valence-electron chi connectivity index (χ2n) is 20.8. The van der Waals surface area contributed by atoms with Crippen LogP contribution in [0.3, 0.4) is 0 Å². The van der Waals surface area contributed by atoms with Gasteiger partial charge in [-0.15, -0.1) is 35.3 Å². The molecule has 0 aliphatic carbocycles. The van der Waals surface area contributed by atoms with Gasteiger partial charge in [0, 0.05) is 50.3 Å². The zero-order valence-corrected chi connectivity index (χ0v) is 49.4. The first kappa shape index (κ1) is 72.8. The lowest BCUT2D eigenvalue weighted by Crippen LogP contribution is -2.63. The first-order valence-electron chi connectivity index (χ1n) is 27.2. The molecular formula is C48H88N2O27S5. The molecule has 20 N–H and O–H groups in total. The highest BCUT2D eigenvalue weighted by Crippen LogP contribution is 2.35.